The fraction of sp³-hybridized carbons (Fsp3) is 0.588. The lowest BCUT2D eigenvalue weighted by atomic mass is 9.90. The number of rotatable bonds is 3. The van der Waals surface area contributed by atoms with Gasteiger partial charge in [-0.1, -0.05) is 37.8 Å². The molecule has 1 saturated carbocycles. The molecule has 3 rings (SSSR count). The maximum Gasteiger partial charge on any atom is 0.112 e. The molecule has 1 aromatic carbocycles. The van der Waals surface area contributed by atoms with Crippen LogP contribution >= 0.6 is 0 Å². The number of hydrogen-bond donors (Lipinski definition) is 1. The molecule has 2 aromatic rings. The van der Waals surface area contributed by atoms with Crippen LogP contribution in [0.5, 0.6) is 0 Å². The third kappa shape index (κ3) is 2.59. The maximum absolute atomic E-state index is 10.9. The third-order valence-corrected chi connectivity index (χ3v) is 4.57. The number of para-hydroxylation sites is 2. The molecule has 0 spiro atoms. The maximum atomic E-state index is 10.9. The minimum atomic E-state index is -0.551. The van der Waals surface area contributed by atoms with E-state index in [1.165, 1.54) is 18.4 Å². The summed E-state index contributed by atoms with van der Waals surface area (Å²) in [6, 6.07) is 8.26. The average Bonchev–Trinajstić information content (AvgIpc) is 2.64. The van der Waals surface area contributed by atoms with E-state index in [1.807, 2.05) is 6.07 Å². The zero-order valence-electron chi connectivity index (χ0n) is 12.3. The lowest BCUT2D eigenvalue weighted by molar-refractivity contribution is 0.0227. The normalized spacial score (nSPS) is 19.1. The molecule has 1 aliphatic rings. The standard InChI is InChI=1S/C17H24N2O/c1-2-19-15-10-6-5-9-14(15)18-16(19)13-17(20)11-7-3-4-8-12-17/h5-6,9-10,20H,2-4,7-8,11-13H2,1H3. The number of benzene rings is 1. The Morgan fingerprint density at radius 2 is 1.85 bits per heavy atom. The predicted octanol–water partition coefficient (Wildman–Crippen LogP) is 3.68. The second kappa shape index (κ2) is 5.57. The minimum Gasteiger partial charge on any atom is -0.389 e. The van der Waals surface area contributed by atoms with Crippen LogP contribution in [0.2, 0.25) is 0 Å². The fourth-order valence-electron chi connectivity index (χ4n) is 3.47. The number of aliphatic hydroxyl groups is 1. The summed E-state index contributed by atoms with van der Waals surface area (Å²) in [6.07, 6.45) is 7.32. The second-order valence-corrected chi connectivity index (χ2v) is 6.08. The van der Waals surface area contributed by atoms with E-state index in [9.17, 15) is 5.11 Å². The van der Waals surface area contributed by atoms with Crippen LogP contribution in [0.1, 0.15) is 51.3 Å². The van der Waals surface area contributed by atoms with Crippen molar-refractivity contribution >= 4 is 11.0 Å². The number of aromatic nitrogens is 2. The summed E-state index contributed by atoms with van der Waals surface area (Å²) in [5.41, 5.74) is 1.67. The van der Waals surface area contributed by atoms with Gasteiger partial charge in [0.1, 0.15) is 5.82 Å². The molecule has 0 atom stereocenters. The van der Waals surface area contributed by atoms with E-state index in [-0.39, 0.29) is 0 Å². The Morgan fingerprint density at radius 1 is 1.15 bits per heavy atom. The van der Waals surface area contributed by atoms with Crippen LogP contribution in [0.3, 0.4) is 0 Å². The first-order valence-corrected chi connectivity index (χ1v) is 7.88. The number of aryl methyl sites for hydroxylation is 1. The molecule has 0 aliphatic heterocycles. The number of imidazole rings is 1. The van der Waals surface area contributed by atoms with Crippen molar-refractivity contribution < 1.29 is 5.11 Å². The van der Waals surface area contributed by atoms with E-state index in [0.717, 1.165) is 43.6 Å². The van der Waals surface area contributed by atoms with Crippen molar-refractivity contribution in [2.75, 3.05) is 0 Å². The van der Waals surface area contributed by atoms with Crippen LogP contribution in [0.25, 0.3) is 11.0 Å². The number of nitrogens with zero attached hydrogens (tertiary/aromatic N) is 2. The molecule has 108 valence electrons. The summed E-state index contributed by atoms with van der Waals surface area (Å²) in [5, 5.41) is 10.9. The summed E-state index contributed by atoms with van der Waals surface area (Å²) < 4.78 is 2.25. The third-order valence-electron chi connectivity index (χ3n) is 4.57. The first kappa shape index (κ1) is 13.6. The quantitative estimate of drug-likeness (QED) is 0.865. The molecular formula is C17H24N2O. The lowest BCUT2D eigenvalue weighted by Crippen LogP contribution is -2.32. The van der Waals surface area contributed by atoms with Gasteiger partial charge in [0.05, 0.1) is 16.6 Å². The topological polar surface area (TPSA) is 38.0 Å². The van der Waals surface area contributed by atoms with Gasteiger partial charge in [-0.2, -0.15) is 0 Å². The minimum absolute atomic E-state index is 0.551. The Kier molecular flexibility index (Phi) is 3.79. The van der Waals surface area contributed by atoms with Crippen LogP contribution in [0.4, 0.5) is 0 Å². The predicted molar refractivity (Wildman–Crippen MR) is 81.8 cm³/mol. The van der Waals surface area contributed by atoms with Gasteiger partial charge in [0, 0.05) is 13.0 Å². The molecule has 1 N–H and O–H groups in total. The highest BCUT2D eigenvalue weighted by Crippen LogP contribution is 2.31. The van der Waals surface area contributed by atoms with Gasteiger partial charge in [0.2, 0.25) is 0 Å². The summed E-state index contributed by atoms with van der Waals surface area (Å²) >= 11 is 0. The van der Waals surface area contributed by atoms with Crippen molar-refractivity contribution in [2.45, 2.75) is 64.0 Å². The highest BCUT2D eigenvalue weighted by Gasteiger charge is 2.30. The van der Waals surface area contributed by atoms with Crippen molar-refractivity contribution in [1.29, 1.82) is 0 Å². The first-order valence-electron chi connectivity index (χ1n) is 7.88. The lowest BCUT2D eigenvalue weighted by Gasteiger charge is -2.26. The largest absolute Gasteiger partial charge is 0.389 e. The molecular weight excluding hydrogens is 248 g/mol. The Labute approximate surface area is 120 Å². The summed E-state index contributed by atoms with van der Waals surface area (Å²) in [6.45, 7) is 3.06. The molecule has 20 heavy (non-hydrogen) atoms. The molecule has 3 nitrogen and oxygen atoms in total. The van der Waals surface area contributed by atoms with Crippen molar-refractivity contribution in [1.82, 2.24) is 9.55 Å². The number of hydrogen-bond acceptors (Lipinski definition) is 2. The van der Waals surface area contributed by atoms with Gasteiger partial charge >= 0.3 is 0 Å². The van der Waals surface area contributed by atoms with Crippen molar-refractivity contribution in [3.63, 3.8) is 0 Å². The molecule has 0 amide bonds. The summed E-state index contributed by atoms with van der Waals surface area (Å²) in [5.74, 6) is 1.04. The molecule has 1 heterocycles. The Morgan fingerprint density at radius 3 is 2.55 bits per heavy atom. The van der Waals surface area contributed by atoms with Gasteiger partial charge in [-0.3, -0.25) is 0 Å². The summed E-state index contributed by atoms with van der Waals surface area (Å²) in [4.78, 5) is 4.76. The van der Waals surface area contributed by atoms with E-state index < -0.39 is 5.60 Å². The van der Waals surface area contributed by atoms with Crippen LogP contribution < -0.4 is 0 Å². The highest BCUT2D eigenvalue weighted by molar-refractivity contribution is 5.75. The van der Waals surface area contributed by atoms with Gasteiger partial charge in [-0.05, 0) is 31.9 Å². The average molecular weight is 272 g/mol. The zero-order valence-corrected chi connectivity index (χ0v) is 12.3. The van der Waals surface area contributed by atoms with Crippen molar-refractivity contribution in [2.24, 2.45) is 0 Å². The molecule has 1 aromatic heterocycles. The van der Waals surface area contributed by atoms with E-state index in [2.05, 4.69) is 29.7 Å². The smallest absolute Gasteiger partial charge is 0.112 e. The van der Waals surface area contributed by atoms with Gasteiger partial charge in [0.15, 0.2) is 0 Å². The van der Waals surface area contributed by atoms with Crippen LogP contribution in [-0.2, 0) is 13.0 Å². The van der Waals surface area contributed by atoms with Crippen LogP contribution in [0, 0.1) is 0 Å². The summed E-state index contributed by atoms with van der Waals surface area (Å²) in [7, 11) is 0. The van der Waals surface area contributed by atoms with Crippen molar-refractivity contribution in [3.8, 4) is 0 Å². The Bertz CT molecular complexity index is 580. The van der Waals surface area contributed by atoms with Crippen molar-refractivity contribution in [3.05, 3.63) is 30.1 Å². The van der Waals surface area contributed by atoms with Gasteiger partial charge in [-0.15, -0.1) is 0 Å². The molecule has 0 bridgehead atoms. The number of fused-ring (bicyclic) bond motifs is 1. The Balaban J connectivity index is 1.93. The molecule has 3 heteroatoms. The van der Waals surface area contributed by atoms with E-state index in [4.69, 9.17) is 4.98 Å². The van der Waals surface area contributed by atoms with Crippen LogP contribution in [-0.4, -0.2) is 20.3 Å². The van der Waals surface area contributed by atoms with Crippen LogP contribution in [0.15, 0.2) is 24.3 Å². The van der Waals surface area contributed by atoms with Gasteiger partial charge in [-0.25, -0.2) is 4.98 Å². The first-order chi connectivity index (χ1) is 9.72. The van der Waals surface area contributed by atoms with Gasteiger partial charge < -0.3 is 9.67 Å². The van der Waals surface area contributed by atoms with E-state index in [0.29, 0.717) is 6.42 Å². The molecule has 0 unspecified atom stereocenters. The van der Waals surface area contributed by atoms with E-state index >= 15 is 0 Å². The van der Waals surface area contributed by atoms with E-state index in [1.54, 1.807) is 0 Å². The zero-order chi connectivity index (χ0) is 14.0. The second-order valence-electron chi connectivity index (χ2n) is 6.08. The molecule has 0 radical (unpaired) electrons. The molecule has 0 saturated heterocycles. The molecule has 1 aliphatic carbocycles. The monoisotopic (exact) mass is 272 g/mol. The SMILES string of the molecule is CCn1c(CC2(O)CCCCCC2)nc2ccccc21. The molecule has 1 fully saturated rings. The highest BCUT2D eigenvalue weighted by atomic mass is 16.3. The Hall–Kier alpha value is -1.35. The van der Waals surface area contributed by atoms with Gasteiger partial charge in [0.25, 0.3) is 0 Å². The fourth-order valence-corrected chi connectivity index (χ4v) is 3.47.